The highest BCUT2D eigenvalue weighted by Gasteiger charge is 2.47. The van der Waals surface area contributed by atoms with Gasteiger partial charge in [-0.25, -0.2) is 13.4 Å². The average Bonchev–Trinajstić information content (AvgIpc) is 3.66. The van der Waals surface area contributed by atoms with Crippen molar-refractivity contribution in [2.24, 2.45) is 0 Å². The molecule has 2 aliphatic carbocycles. The van der Waals surface area contributed by atoms with Crippen molar-refractivity contribution in [1.82, 2.24) is 19.5 Å². The lowest BCUT2D eigenvalue weighted by Crippen LogP contribution is -2.43. The summed E-state index contributed by atoms with van der Waals surface area (Å²) in [6, 6.07) is 31.7. The summed E-state index contributed by atoms with van der Waals surface area (Å²) >= 11 is 0. The first-order chi connectivity index (χ1) is 24.7. The van der Waals surface area contributed by atoms with Gasteiger partial charge in [0.15, 0.2) is 11.6 Å². The summed E-state index contributed by atoms with van der Waals surface area (Å²) in [5, 5.41) is 3.19. The van der Waals surface area contributed by atoms with Crippen molar-refractivity contribution in [3.63, 3.8) is 0 Å². The Morgan fingerprint density at radius 2 is 1.37 bits per heavy atom. The second-order valence-corrected chi connectivity index (χ2v) is 14.3. The number of allylic oxidation sites excluding steroid dienone is 2. The molecule has 0 saturated carbocycles. The van der Waals surface area contributed by atoms with Crippen LogP contribution in [0, 0.1) is 0 Å². The Labute approximate surface area is 290 Å². The first-order valence-electron chi connectivity index (χ1n) is 16.2. The number of nitrogens with zero attached hydrogens (tertiary/aromatic N) is 5. The molecule has 2 aromatic heterocycles. The first-order valence-corrected chi connectivity index (χ1v) is 17.7. The van der Waals surface area contributed by atoms with E-state index in [0.29, 0.717) is 17.3 Å². The molecular weight excluding hydrogens is 672 g/mol. The number of rotatable bonds is 5. The van der Waals surface area contributed by atoms with Crippen molar-refractivity contribution in [1.29, 1.82) is 0 Å². The van der Waals surface area contributed by atoms with Gasteiger partial charge in [0.25, 0.3) is 9.84 Å². The topological polar surface area (TPSA) is 81.0 Å². The molecule has 1 aliphatic heterocycles. The Kier molecular flexibility index (Phi) is 6.97. The third-order valence-corrected chi connectivity index (χ3v) is 10.9. The summed E-state index contributed by atoms with van der Waals surface area (Å²) in [7, 11) is -5.61. The van der Waals surface area contributed by atoms with E-state index < -0.39 is 20.2 Å². The molecule has 0 saturated heterocycles. The van der Waals surface area contributed by atoms with Crippen LogP contribution in [0.15, 0.2) is 150 Å². The summed E-state index contributed by atoms with van der Waals surface area (Å²) in [5.41, 5.74) is -0.448. The fourth-order valence-corrected chi connectivity index (χ4v) is 7.95. The van der Waals surface area contributed by atoms with Gasteiger partial charge in [-0.1, -0.05) is 103 Å². The van der Waals surface area contributed by atoms with E-state index in [1.165, 1.54) is 12.1 Å². The van der Waals surface area contributed by atoms with Crippen LogP contribution in [0.1, 0.15) is 0 Å². The number of anilines is 1. The number of sulfone groups is 1. The summed E-state index contributed by atoms with van der Waals surface area (Å²) in [6.07, 6.45) is 12.6. The molecule has 2 unspecified atom stereocenters. The van der Waals surface area contributed by atoms with Gasteiger partial charge in [0, 0.05) is 27.4 Å². The minimum Gasteiger partial charge on any atom is -0.320 e. The van der Waals surface area contributed by atoms with Crippen LogP contribution in [0.5, 0.6) is 0 Å². The fourth-order valence-electron chi connectivity index (χ4n) is 7.15. The monoisotopic (exact) mass is 697 g/mol. The maximum Gasteiger partial charge on any atom is 0.501 e. The maximum atomic E-state index is 13.6. The summed E-state index contributed by atoms with van der Waals surface area (Å²) in [4.78, 5) is 15.7. The van der Waals surface area contributed by atoms with Gasteiger partial charge in [0.1, 0.15) is 0 Å². The van der Waals surface area contributed by atoms with Crippen LogP contribution in [0.3, 0.4) is 0 Å². The van der Waals surface area contributed by atoms with E-state index in [1.54, 1.807) is 0 Å². The van der Waals surface area contributed by atoms with E-state index >= 15 is 0 Å². The molecule has 0 bridgehead atoms. The summed E-state index contributed by atoms with van der Waals surface area (Å²) < 4.78 is 67.7. The quantitative estimate of drug-likeness (QED) is 0.200. The Morgan fingerprint density at radius 3 is 2.14 bits per heavy atom. The van der Waals surface area contributed by atoms with Crippen LogP contribution in [0.25, 0.3) is 51.5 Å². The maximum absolute atomic E-state index is 13.6. The molecule has 0 spiro atoms. The lowest BCUT2D eigenvalue weighted by atomic mass is 9.95. The summed E-state index contributed by atoms with van der Waals surface area (Å²) in [6.45, 7) is 0. The molecule has 9 rings (SSSR count). The molecule has 51 heavy (non-hydrogen) atoms. The normalized spacial score (nSPS) is 17.9. The highest BCUT2D eigenvalue weighted by atomic mass is 32.2. The Bertz CT molecular complexity index is 2720. The van der Waals surface area contributed by atoms with Gasteiger partial charge in [0.2, 0.25) is 5.95 Å². The van der Waals surface area contributed by atoms with Crippen LogP contribution < -0.4 is 15.5 Å². The van der Waals surface area contributed by atoms with E-state index in [2.05, 4.69) is 63.0 Å². The van der Waals surface area contributed by atoms with E-state index in [0.717, 1.165) is 50.4 Å². The molecule has 2 atom stereocenters. The first kappa shape index (κ1) is 30.9. The largest absolute Gasteiger partial charge is 0.501 e. The van der Waals surface area contributed by atoms with Crippen LogP contribution >= 0.6 is 0 Å². The number of hydrogen-bond acceptors (Lipinski definition) is 6. The zero-order valence-electron chi connectivity index (χ0n) is 26.6. The number of hydrogen-bond donors (Lipinski definition) is 0. The predicted octanol–water partition coefficient (Wildman–Crippen LogP) is 6.70. The van der Waals surface area contributed by atoms with Gasteiger partial charge >= 0.3 is 5.51 Å². The third-order valence-electron chi connectivity index (χ3n) is 9.43. The van der Waals surface area contributed by atoms with Crippen molar-refractivity contribution in [2.75, 3.05) is 4.90 Å². The minimum absolute atomic E-state index is 0.0459. The number of aromatic nitrogens is 4. The lowest BCUT2D eigenvalue weighted by molar-refractivity contribution is -0.0436. The van der Waals surface area contributed by atoms with Crippen molar-refractivity contribution >= 4 is 38.8 Å². The molecule has 6 aromatic rings. The SMILES string of the molecule is O=S(=O)(c1cccc(-c2nc(-c3ccccc3)nc(N3C4C=CC=CC4=C4C=c5c(c6ccccc6n5-c5ccccc5)=CC43)n2)c1)C(F)(F)F. The molecule has 7 nitrogen and oxygen atoms in total. The zero-order valence-corrected chi connectivity index (χ0v) is 27.4. The van der Waals surface area contributed by atoms with Crippen molar-refractivity contribution in [3.8, 4) is 28.5 Å². The molecule has 0 radical (unpaired) electrons. The van der Waals surface area contributed by atoms with Gasteiger partial charge in [-0.3, -0.25) is 0 Å². The number of para-hydroxylation sites is 2. The van der Waals surface area contributed by atoms with Gasteiger partial charge in [-0.15, -0.1) is 0 Å². The van der Waals surface area contributed by atoms with E-state index in [4.69, 9.17) is 9.97 Å². The van der Waals surface area contributed by atoms with Gasteiger partial charge in [-0.05, 0) is 53.6 Å². The molecule has 4 aromatic carbocycles. The highest BCUT2D eigenvalue weighted by molar-refractivity contribution is 7.92. The summed E-state index contributed by atoms with van der Waals surface area (Å²) in [5.74, 6) is 0.640. The predicted molar refractivity (Wildman–Crippen MR) is 191 cm³/mol. The minimum atomic E-state index is -5.61. The van der Waals surface area contributed by atoms with Crippen LogP contribution in [0.2, 0.25) is 0 Å². The van der Waals surface area contributed by atoms with Crippen LogP contribution in [0.4, 0.5) is 19.1 Å². The van der Waals surface area contributed by atoms with Crippen LogP contribution in [-0.2, 0) is 9.84 Å². The second-order valence-electron chi connectivity index (χ2n) is 12.4. The molecule has 0 fully saturated rings. The van der Waals surface area contributed by atoms with Gasteiger partial charge in [0.05, 0.1) is 27.8 Å². The highest BCUT2D eigenvalue weighted by Crippen LogP contribution is 2.40. The zero-order chi connectivity index (χ0) is 34.9. The molecule has 11 heteroatoms. The standard InChI is InChI=1S/C40H26F3N5O2S/c41-40(42,43)51(49,50)28-17-11-14-26(22-28)38-44-37(25-12-3-1-4-13-25)45-39(46-38)48-34-21-10-8-19-30(34)32-23-35-31(24-36(32)48)29-18-7-9-20-33(29)47(35)27-15-5-2-6-16-27/h1-24,34,36H. The number of benzene rings is 4. The lowest BCUT2D eigenvalue weighted by Gasteiger charge is -2.30. The van der Waals surface area contributed by atoms with Crippen molar-refractivity contribution in [2.45, 2.75) is 22.5 Å². The van der Waals surface area contributed by atoms with Crippen molar-refractivity contribution in [3.05, 3.63) is 155 Å². The van der Waals surface area contributed by atoms with Gasteiger partial charge in [-0.2, -0.15) is 23.1 Å². The third kappa shape index (κ3) is 4.95. The Hall–Kier alpha value is -6.07. The molecule has 0 amide bonds. The molecule has 3 heterocycles. The smallest absolute Gasteiger partial charge is 0.320 e. The van der Waals surface area contributed by atoms with Crippen molar-refractivity contribution < 1.29 is 21.6 Å². The second kappa shape index (κ2) is 11.5. The van der Waals surface area contributed by atoms with Gasteiger partial charge < -0.3 is 9.47 Å². The fraction of sp³-hybridized carbons (Fsp3) is 0.0750. The Morgan fingerprint density at radius 1 is 0.686 bits per heavy atom. The number of halogens is 3. The molecule has 0 N–H and O–H groups in total. The Balaban J connectivity index is 1.27. The van der Waals surface area contributed by atoms with Crippen LogP contribution in [-0.4, -0.2) is 45.5 Å². The van der Waals surface area contributed by atoms with E-state index in [1.807, 2.05) is 72.8 Å². The molecule has 3 aliphatic rings. The molecule has 250 valence electrons. The number of alkyl halides is 3. The molecular formula is C40H26F3N5O2S. The van der Waals surface area contributed by atoms with E-state index in [9.17, 15) is 21.6 Å². The number of fused-ring (bicyclic) bond motifs is 5. The van der Waals surface area contributed by atoms with E-state index in [-0.39, 0.29) is 23.5 Å². The average molecular weight is 698 g/mol.